The molecule has 1 aromatic rings. The molecule has 0 aromatic heterocycles. The average Bonchev–Trinajstić information content (AvgIpc) is 2.30. The minimum atomic E-state index is -0.107. The highest BCUT2D eigenvalue weighted by atomic mass is 32.2. The van der Waals surface area contributed by atoms with E-state index in [1.807, 2.05) is 56.8 Å². The van der Waals surface area contributed by atoms with Crippen LogP contribution in [0.3, 0.4) is 0 Å². The van der Waals surface area contributed by atoms with Gasteiger partial charge in [0.1, 0.15) is 11.5 Å². The molecular weight excluding hydrogens is 246 g/mol. The van der Waals surface area contributed by atoms with Crippen molar-refractivity contribution in [2.24, 2.45) is 5.73 Å². The third-order valence-corrected chi connectivity index (χ3v) is 3.51. The van der Waals surface area contributed by atoms with Gasteiger partial charge in [-0.3, -0.25) is 0 Å². The molecule has 0 unspecified atom stereocenters. The second-order valence-corrected chi connectivity index (χ2v) is 5.90. The zero-order chi connectivity index (χ0) is 13.4. The van der Waals surface area contributed by atoms with E-state index in [1.54, 1.807) is 0 Å². The zero-order valence-corrected chi connectivity index (χ0v) is 12.3. The molecule has 18 heavy (non-hydrogen) atoms. The van der Waals surface area contributed by atoms with E-state index in [4.69, 9.17) is 15.2 Å². The maximum atomic E-state index is 5.90. The van der Waals surface area contributed by atoms with Gasteiger partial charge < -0.3 is 15.2 Å². The zero-order valence-electron chi connectivity index (χ0n) is 11.4. The first-order valence-corrected chi connectivity index (χ1v) is 7.39. The van der Waals surface area contributed by atoms with E-state index >= 15 is 0 Å². The summed E-state index contributed by atoms with van der Waals surface area (Å²) in [4.78, 5) is 0. The van der Waals surface area contributed by atoms with Gasteiger partial charge in [0, 0.05) is 17.0 Å². The van der Waals surface area contributed by atoms with Crippen molar-refractivity contribution in [1.82, 2.24) is 0 Å². The van der Waals surface area contributed by atoms with Gasteiger partial charge >= 0.3 is 0 Å². The molecule has 0 saturated heterocycles. The van der Waals surface area contributed by atoms with Crippen molar-refractivity contribution in [3.8, 4) is 11.5 Å². The van der Waals surface area contributed by atoms with Gasteiger partial charge in [-0.05, 0) is 45.0 Å². The minimum absolute atomic E-state index is 0.107. The van der Waals surface area contributed by atoms with Gasteiger partial charge in [-0.1, -0.05) is 0 Å². The summed E-state index contributed by atoms with van der Waals surface area (Å²) < 4.78 is 11.0. The molecule has 0 aliphatic heterocycles. The SMILES string of the molecule is CCOc1ccc(OCCSCC(C)(C)N)cc1. The normalized spacial score (nSPS) is 11.3. The van der Waals surface area contributed by atoms with E-state index in [2.05, 4.69) is 0 Å². The first-order chi connectivity index (χ1) is 8.51. The fraction of sp³-hybridized carbons (Fsp3) is 0.571. The number of thioether (sulfide) groups is 1. The van der Waals surface area contributed by atoms with Gasteiger partial charge in [0.2, 0.25) is 0 Å². The van der Waals surface area contributed by atoms with Crippen LogP contribution in [0.4, 0.5) is 0 Å². The van der Waals surface area contributed by atoms with Gasteiger partial charge in [-0.25, -0.2) is 0 Å². The number of ether oxygens (including phenoxy) is 2. The Kier molecular flexibility index (Phi) is 6.36. The molecule has 0 radical (unpaired) electrons. The Hall–Kier alpha value is -0.870. The van der Waals surface area contributed by atoms with Crippen LogP contribution < -0.4 is 15.2 Å². The third kappa shape index (κ3) is 6.77. The monoisotopic (exact) mass is 269 g/mol. The number of rotatable bonds is 8. The Balaban J connectivity index is 2.19. The molecule has 0 spiro atoms. The van der Waals surface area contributed by atoms with Gasteiger partial charge in [0.15, 0.2) is 0 Å². The topological polar surface area (TPSA) is 44.5 Å². The highest BCUT2D eigenvalue weighted by molar-refractivity contribution is 7.99. The number of hydrogen-bond donors (Lipinski definition) is 1. The molecule has 0 atom stereocenters. The van der Waals surface area contributed by atoms with Crippen molar-refractivity contribution < 1.29 is 9.47 Å². The summed E-state index contributed by atoms with van der Waals surface area (Å²) in [5.41, 5.74) is 5.79. The second kappa shape index (κ2) is 7.54. The average molecular weight is 269 g/mol. The maximum Gasteiger partial charge on any atom is 0.119 e. The molecule has 0 aliphatic rings. The molecule has 0 heterocycles. The standard InChI is InChI=1S/C14H23NO2S/c1-4-16-12-5-7-13(8-6-12)17-9-10-18-11-14(2,3)15/h5-8H,4,9-11,15H2,1-3H3. The van der Waals surface area contributed by atoms with Crippen LogP contribution in [-0.4, -0.2) is 30.3 Å². The van der Waals surface area contributed by atoms with Crippen LogP contribution in [0, 0.1) is 0 Å². The quantitative estimate of drug-likeness (QED) is 0.737. The van der Waals surface area contributed by atoms with E-state index in [0.717, 1.165) is 23.0 Å². The highest BCUT2D eigenvalue weighted by Gasteiger charge is 2.09. The lowest BCUT2D eigenvalue weighted by Gasteiger charge is -2.17. The summed E-state index contributed by atoms with van der Waals surface area (Å²) in [5, 5.41) is 0. The lowest BCUT2D eigenvalue weighted by molar-refractivity contribution is 0.332. The van der Waals surface area contributed by atoms with Crippen LogP contribution in [0.2, 0.25) is 0 Å². The molecule has 0 amide bonds. The Labute approximate surface area is 114 Å². The van der Waals surface area contributed by atoms with Crippen LogP contribution in [0.5, 0.6) is 11.5 Å². The summed E-state index contributed by atoms with van der Waals surface area (Å²) in [6.07, 6.45) is 0. The Morgan fingerprint density at radius 1 is 1.11 bits per heavy atom. The molecule has 1 rings (SSSR count). The summed E-state index contributed by atoms with van der Waals surface area (Å²) in [5.74, 6) is 3.66. The molecule has 1 aromatic carbocycles. The third-order valence-electron chi connectivity index (χ3n) is 2.11. The lowest BCUT2D eigenvalue weighted by atomic mass is 10.1. The van der Waals surface area contributed by atoms with Gasteiger partial charge in [-0.15, -0.1) is 0 Å². The second-order valence-electron chi connectivity index (χ2n) is 4.79. The first kappa shape index (κ1) is 15.2. The summed E-state index contributed by atoms with van der Waals surface area (Å²) >= 11 is 1.82. The molecule has 0 aliphatic carbocycles. The van der Waals surface area contributed by atoms with E-state index < -0.39 is 0 Å². The molecule has 4 heteroatoms. The van der Waals surface area contributed by atoms with E-state index in [-0.39, 0.29) is 5.54 Å². The fourth-order valence-corrected chi connectivity index (χ4v) is 2.22. The largest absolute Gasteiger partial charge is 0.494 e. The molecule has 0 saturated carbocycles. The lowest BCUT2D eigenvalue weighted by Crippen LogP contribution is -2.34. The molecule has 3 nitrogen and oxygen atoms in total. The Morgan fingerprint density at radius 3 is 2.17 bits per heavy atom. The van der Waals surface area contributed by atoms with E-state index in [0.29, 0.717) is 13.2 Å². The Bertz CT molecular complexity index is 333. The van der Waals surface area contributed by atoms with Gasteiger partial charge in [0.05, 0.1) is 13.2 Å². The van der Waals surface area contributed by atoms with Crippen LogP contribution >= 0.6 is 11.8 Å². The van der Waals surface area contributed by atoms with Crippen molar-refractivity contribution in [2.45, 2.75) is 26.3 Å². The number of hydrogen-bond acceptors (Lipinski definition) is 4. The van der Waals surface area contributed by atoms with Crippen molar-refractivity contribution >= 4 is 11.8 Å². The molecular formula is C14H23NO2S. The van der Waals surface area contributed by atoms with Crippen LogP contribution in [0.1, 0.15) is 20.8 Å². The van der Waals surface area contributed by atoms with Crippen molar-refractivity contribution in [2.75, 3.05) is 24.7 Å². The van der Waals surface area contributed by atoms with Crippen molar-refractivity contribution in [3.05, 3.63) is 24.3 Å². The maximum absolute atomic E-state index is 5.90. The molecule has 102 valence electrons. The van der Waals surface area contributed by atoms with Crippen LogP contribution in [-0.2, 0) is 0 Å². The number of benzene rings is 1. The highest BCUT2D eigenvalue weighted by Crippen LogP contribution is 2.18. The number of nitrogens with two attached hydrogens (primary N) is 1. The smallest absolute Gasteiger partial charge is 0.119 e. The van der Waals surface area contributed by atoms with E-state index in [1.165, 1.54) is 0 Å². The predicted molar refractivity (Wildman–Crippen MR) is 78.7 cm³/mol. The molecule has 0 fully saturated rings. The summed E-state index contributed by atoms with van der Waals surface area (Å²) in [6, 6.07) is 7.72. The van der Waals surface area contributed by atoms with Gasteiger partial charge in [0.25, 0.3) is 0 Å². The summed E-state index contributed by atoms with van der Waals surface area (Å²) in [6.45, 7) is 7.43. The van der Waals surface area contributed by atoms with Gasteiger partial charge in [-0.2, -0.15) is 11.8 Å². The van der Waals surface area contributed by atoms with Crippen molar-refractivity contribution in [1.29, 1.82) is 0 Å². The van der Waals surface area contributed by atoms with E-state index in [9.17, 15) is 0 Å². The minimum Gasteiger partial charge on any atom is -0.494 e. The van der Waals surface area contributed by atoms with Crippen molar-refractivity contribution in [3.63, 3.8) is 0 Å². The molecule has 2 N–H and O–H groups in total. The van der Waals surface area contributed by atoms with Crippen LogP contribution in [0.15, 0.2) is 24.3 Å². The van der Waals surface area contributed by atoms with Crippen LogP contribution in [0.25, 0.3) is 0 Å². The predicted octanol–water partition coefficient (Wildman–Crippen LogP) is 2.93. The molecule has 0 bridgehead atoms. The summed E-state index contributed by atoms with van der Waals surface area (Å²) in [7, 11) is 0. The first-order valence-electron chi connectivity index (χ1n) is 6.23. The Morgan fingerprint density at radius 2 is 1.67 bits per heavy atom. The fourth-order valence-electron chi connectivity index (χ4n) is 1.35.